The van der Waals surface area contributed by atoms with Crippen LogP contribution in [0.5, 0.6) is 5.75 Å². The number of ether oxygens (including phenoxy) is 1. The highest BCUT2D eigenvalue weighted by molar-refractivity contribution is 8.01. The lowest BCUT2D eigenvalue weighted by molar-refractivity contribution is -0.141. The second-order valence-electron chi connectivity index (χ2n) is 8.78. The van der Waals surface area contributed by atoms with E-state index in [0.717, 1.165) is 5.56 Å². The van der Waals surface area contributed by atoms with Crippen molar-refractivity contribution in [2.24, 2.45) is 0 Å². The minimum atomic E-state index is -1.17. The number of aliphatic carboxylic acids is 1. The van der Waals surface area contributed by atoms with Crippen LogP contribution in [0.1, 0.15) is 28.9 Å². The van der Waals surface area contributed by atoms with Gasteiger partial charge in [-0.05, 0) is 73.2 Å². The second-order valence-corrected chi connectivity index (χ2v) is 9.91. The molecule has 1 aliphatic rings. The molecule has 4 rings (SSSR count). The normalized spacial score (nSPS) is 17.2. The summed E-state index contributed by atoms with van der Waals surface area (Å²) in [5, 5.41) is 10.6. The highest BCUT2D eigenvalue weighted by atomic mass is 32.2. The van der Waals surface area contributed by atoms with Gasteiger partial charge in [0.25, 0.3) is 5.91 Å². The van der Waals surface area contributed by atoms with Gasteiger partial charge >= 0.3 is 5.97 Å². The molecule has 0 spiro atoms. The summed E-state index contributed by atoms with van der Waals surface area (Å²) in [5.41, 5.74) is 1.56. The number of amides is 2. The zero-order valence-electron chi connectivity index (χ0n) is 20.7. The van der Waals surface area contributed by atoms with Crippen molar-refractivity contribution in [2.45, 2.75) is 24.3 Å². The minimum absolute atomic E-state index is 0.000862. The first-order valence-electron chi connectivity index (χ1n) is 11.9. The molecule has 0 bridgehead atoms. The molecule has 1 fully saturated rings. The molecule has 1 aliphatic heterocycles. The highest BCUT2D eigenvalue weighted by Crippen LogP contribution is 2.45. The molecule has 8 nitrogen and oxygen atoms in total. The molecule has 0 radical (unpaired) electrons. The molecule has 202 valence electrons. The summed E-state index contributed by atoms with van der Waals surface area (Å²) in [6, 6.07) is 15.8. The molecular weight excluding hydrogens is 530 g/mol. The molecule has 3 aromatic rings. The Morgan fingerprint density at radius 3 is 2.15 bits per heavy atom. The first-order valence-corrected chi connectivity index (χ1v) is 12.9. The molecule has 39 heavy (non-hydrogen) atoms. The van der Waals surface area contributed by atoms with E-state index < -0.39 is 40.8 Å². The molecule has 3 atom stereocenters. The maximum atomic E-state index is 13.5. The summed E-state index contributed by atoms with van der Waals surface area (Å²) in [7, 11) is 0. The molecular formula is C28H24F2N2O6S. The Morgan fingerprint density at radius 2 is 1.56 bits per heavy atom. The number of hydrogen-bond donors (Lipinski definition) is 2. The van der Waals surface area contributed by atoms with Gasteiger partial charge in [0.1, 0.15) is 28.7 Å². The van der Waals surface area contributed by atoms with E-state index in [1.807, 2.05) is 0 Å². The monoisotopic (exact) mass is 554 g/mol. The Kier molecular flexibility index (Phi) is 8.60. The lowest BCUT2D eigenvalue weighted by atomic mass is 9.92. The predicted molar refractivity (Wildman–Crippen MR) is 141 cm³/mol. The molecule has 0 saturated carbocycles. The third-order valence-electron chi connectivity index (χ3n) is 6.05. The van der Waals surface area contributed by atoms with Crippen LogP contribution < -0.4 is 15.0 Å². The number of carbonyl (C=O) groups excluding carboxylic acids is 3. The van der Waals surface area contributed by atoms with Crippen LogP contribution in [0.2, 0.25) is 0 Å². The van der Waals surface area contributed by atoms with E-state index in [1.165, 1.54) is 72.1 Å². The molecule has 3 aromatic carbocycles. The number of thioether (sulfide) groups is 1. The fourth-order valence-corrected chi connectivity index (χ4v) is 5.19. The third-order valence-corrected chi connectivity index (χ3v) is 7.30. The Morgan fingerprint density at radius 1 is 0.974 bits per heavy atom. The third kappa shape index (κ3) is 6.61. The predicted octanol–water partition coefficient (Wildman–Crippen LogP) is 4.01. The van der Waals surface area contributed by atoms with Gasteiger partial charge in [-0.3, -0.25) is 19.2 Å². The van der Waals surface area contributed by atoms with Gasteiger partial charge in [0, 0.05) is 11.3 Å². The van der Waals surface area contributed by atoms with Gasteiger partial charge in [0.2, 0.25) is 5.91 Å². The van der Waals surface area contributed by atoms with Gasteiger partial charge in [0.05, 0.1) is 11.8 Å². The quantitative estimate of drug-likeness (QED) is 0.272. The number of nitrogens with zero attached hydrogens (tertiary/aromatic N) is 1. The van der Waals surface area contributed by atoms with E-state index in [1.54, 1.807) is 24.3 Å². The van der Waals surface area contributed by atoms with E-state index >= 15 is 0 Å². The molecule has 11 heteroatoms. The van der Waals surface area contributed by atoms with Crippen LogP contribution in [0.4, 0.5) is 14.5 Å². The maximum absolute atomic E-state index is 13.5. The zero-order chi connectivity index (χ0) is 28.1. The average Bonchev–Trinajstić information content (AvgIpc) is 2.92. The smallest absolute Gasteiger partial charge is 0.325 e. The Hall–Kier alpha value is -4.25. The molecule has 0 aromatic heterocycles. The van der Waals surface area contributed by atoms with Crippen LogP contribution in [0.3, 0.4) is 0 Å². The number of β-lactam (4-membered cyclic amide) rings is 1. The summed E-state index contributed by atoms with van der Waals surface area (Å²) in [5.74, 6) is -2.79. The van der Waals surface area contributed by atoms with Crippen molar-refractivity contribution in [3.05, 3.63) is 95.6 Å². The van der Waals surface area contributed by atoms with E-state index in [0.29, 0.717) is 17.0 Å². The first kappa shape index (κ1) is 27.8. The number of carbonyl (C=O) groups is 4. The number of carboxylic acids is 1. The fraction of sp³-hybridized carbons (Fsp3) is 0.214. The molecule has 0 unspecified atom stereocenters. The van der Waals surface area contributed by atoms with Gasteiger partial charge in [-0.2, -0.15) is 0 Å². The van der Waals surface area contributed by atoms with Crippen LogP contribution in [-0.2, 0) is 14.4 Å². The Balaban J connectivity index is 1.47. The molecule has 0 aliphatic carbocycles. The number of Topliss-reactive ketones (excluding diaryl/α,β-unsaturated/α-hetero) is 1. The highest BCUT2D eigenvalue weighted by Gasteiger charge is 2.49. The van der Waals surface area contributed by atoms with Gasteiger partial charge in [-0.25, -0.2) is 8.78 Å². The van der Waals surface area contributed by atoms with Crippen molar-refractivity contribution in [1.29, 1.82) is 0 Å². The van der Waals surface area contributed by atoms with Crippen molar-refractivity contribution in [1.82, 2.24) is 5.32 Å². The van der Waals surface area contributed by atoms with Crippen LogP contribution in [0.25, 0.3) is 0 Å². The summed E-state index contributed by atoms with van der Waals surface area (Å²) in [6.07, 6.45) is 0. The van der Waals surface area contributed by atoms with E-state index in [-0.39, 0.29) is 24.1 Å². The van der Waals surface area contributed by atoms with E-state index in [9.17, 15) is 28.0 Å². The number of benzene rings is 3. The van der Waals surface area contributed by atoms with E-state index in [4.69, 9.17) is 9.84 Å². The number of carboxylic acid groups (broad SMARTS) is 1. The van der Waals surface area contributed by atoms with Crippen molar-refractivity contribution < 1.29 is 37.8 Å². The van der Waals surface area contributed by atoms with Gasteiger partial charge in [-0.15, -0.1) is 11.8 Å². The number of hydrogen-bond acceptors (Lipinski definition) is 6. The average molecular weight is 555 g/mol. The van der Waals surface area contributed by atoms with Crippen LogP contribution in [-0.4, -0.2) is 52.3 Å². The number of ketones is 1. The first-order chi connectivity index (χ1) is 18.6. The van der Waals surface area contributed by atoms with Crippen LogP contribution in [0.15, 0.2) is 72.8 Å². The topological polar surface area (TPSA) is 113 Å². The standard InChI is InChI=1S/C28H24F2N2O6S/c1-16(28(36)37)31-24(34)14-38-22-12-4-18(5-13-22)25-26(27(35)32(25)21-10-8-20(30)9-11-21)39-15-23(33)17-2-6-19(29)7-3-17/h2-13,16,25-26H,14-15H2,1H3,(H,31,34)(H,36,37)/t16-,25-,26-/m1/s1. The lowest BCUT2D eigenvalue weighted by Gasteiger charge is -2.47. The number of rotatable bonds is 11. The van der Waals surface area contributed by atoms with Crippen molar-refractivity contribution in [3.8, 4) is 5.75 Å². The van der Waals surface area contributed by atoms with Gasteiger partial charge in [0.15, 0.2) is 12.4 Å². The van der Waals surface area contributed by atoms with Crippen molar-refractivity contribution >= 4 is 41.0 Å². The van der Waals surface area contributed by atoms with Crippen molar-refractivity contribution in [2.75, 3.05) is 17.3 Å². The summed E-state index contributed by atoms with van der Waals surface area (Å²) in [6.45, 7) is 0.952. The van der Waals surface area contributed by atoms with Gasteiger partial charge < -0.3 is 20.1 Å². The SMILES string of the molecule is C[C@@H](NC(=O)COc1ccc([C@@H]2[C@@H](SCC(=O)c3ccc(F)cc3)C(=O)N2c2ccc(F)cc2)cc1)C(=O)O. The molecule has 2 amide bonds. The minimum Gasteiger partial charge on any atom is -0.484 e. The zero-order valence-corrected chi connectivity index (χ0v) is 21.5. The second kappa shape index (κ2) is 12.1. The van der Waals surface area contributed by atoms with E-state index in [2.05, 4.69) is 5.32 Å². The van der Waals surface area contributed by atoms with Crippen molar-refractivity contribution in [3.63, 3.8) is 0 Å². The fourth-order valence-electron chi connectivity index (χ4n) is 3.98. The summed E-state index contributed by atoms with van der Waals surface area (Å²) < 4.78 is 32.1. The number of anilines is 1. The Labute approximate surface area is 227 Å². The van der Waals surface area contributed by atoms with Crippen LogP contribution >= 0.6 is 11.8 Å². The maximum Gasteiger partial charge on any atom is 0.325 e. The Bertz CT molecular complexity index is 1370. The largest absolute Gasteiger partial charge is 0.484 e. The van der Waals surface area contributed by atoms with Crippen LogP contribution in [0, 0.1) is 11.6 Å². The number of nitrogens with one attached hydrogen (secondary N) is 1. The summed E-state index contributed by atoms with van der Waals surface area (Å²) >= 11 is 1.17. The lowest BCUT2D eigenvalue weighted by Crippen LogP contribution is -2.57. The molecule has 1 heterocycles. The molecule has 2 N–H and O–H groups in total. The summed E-state index contributed by atoms with van der Waals surface area (Å²) in [4.78, 5) is 50.1. The van der Waals surface area contributed by atoms with Gasteiger partial charge in [-0.1, -0.05) is 12.1 Å². The number of halogens is 2. The molecule has 1 saturated heterocycles.